The van der Waals surface area contributed by atoms with Gasteiger partial charge in [-0.1, -0.05) is 12.1 Å². The molecule has 0 spiro atoms. The highest BCUT2D eigenvalue weighted by molar-refractivity contribution is 5.82. The maximum absolute atomic E-state index is 12.0. The van der Waals surface area contributed by atoms with Gasteiger partial charge in [-0.3, -0.25) is 14.8 Å². The molecule has 7 nitrogen and oxygen atoms in total. The Hall–Kier alpha value is -2.67. The summed E-state index contributed by atoms with van der Waals surface area (Å²) in [6.07, 6.45) is 1.97. The van der Waals surface area contributed by atoms with E-state index < -0.39 is 17.1 Å². The van der Waals surface area contributed by atoms with E-state index in [4.69, 9.17) is 4.74 Å². The zero-order valence-electron chi connectivity index (χ0n) is 13.1. The van der Waals surface area contributed by atoms with Crippen LogP contribution in [0.4, 0.5) is 0 Å². The number of aromatic nitrogens is 2. The largest absolute Gasteiger partial charge is 0.493 e. The number of rotatable bonds is 6. The molecule has 0 aliphatic heterocycles. The molecule has 1 heterocycles. The second kappa shape index (κ2) is 7.55. The van der Waals surface area contributed by atoms with Crippen LogP contribution in [0.1, 0.15) is 17.5 Å². The molecule has 2 N–H and O–H groups in total. The molecule has 0 fully saturated rings. The number of hydrogen-bond acceptors (Lipinski definition) is 5. The number of hydrogen-bond donors (Lipinski definition) is 2. The van der Waals surface area contributed by atoms with Gasteiger partial charge in [0.2, 0.25) is 5.88 Å². The Morgan fingerprint density at radius 2 is 2.17 bits per heavy atom. The van der Waals surface area contributed by atoms with Crippen LogP contribution in [0.5, 0.6) is 5.88 Å². The zero-order chi connectivity index (χ0) is 16.8. The van der Waals surface area contributed by atoms with Crippen LogP contribution in [0.25, 0.3) is 5.69 Å². The van der Waals surface area contributed by atoms with Crippen LogP contribution >= 0.6 is 0 Å². The summed E-state index contributed by atoms with van der Waals surface area (Å²) in [5.41, 5.74) is -0.0300. The Morgan fingerprint density at radius 3 is 2.87 bits per heavy atom. The van der Waals surface area contributed by atoms with Gasteiger partial charge in [-0.15, -0.1) is 0 Å². The fourth-order valence-corrected chi connectivity index (χ4v) is 2.12. The van der Waals surface area contributed by atoms with E-state index in [0.29, 0.717) is 25.3 Å². The van der Waals surface area contributed by atoms with Crippen molar-refractivity contribution < 1.29 is 9.84 Å². The first-order valence-electron chi connectivity index (χ1n) is 7.18. The zero-order valence-corrected chi connectivity index (χ0v) is 13.1. The molecule has 0 unspecified atom stereocenters. The number of ether oxygens (including phenoxy) is 1. The van der Waals surface area contributed by atoms with Gasteiger partial charge in [0.05, 0.1) is 5.69 Å². The first-order valence-corrected chi connectivity index (χ1v) is 7.18. The molecule has 7 heteroatoms. The third-order valence-corrected chi connectivity index (χ3v) is 3.24. The van der Waals surface area contributed by atoms with E-state index in [1.807, 2.05) is 13.0 Å². The Kier molecular flexibility index (Phi) is 5.48. The summed E-state index contributed by atoms with van der Waals surface area (Å²) in [5, 5.41) is 10.3. The van der Waals surface area contributed by atoms with Crippen molar-refractivity contribution in [1.29, 1.82) is 0 Å². The van der Waals surface area contributed by atoms with Crippen molar-refractivity contribution in [1.82, 2.24) is 9.55 Å². The number of aliphatic imine (C=N–C) groups is 1. The Labute approximate surface area is 132 Å². The molecule has 2 aromatic rings. The highest BCUT2D eigenvalue weighted by atomic mass is 16.5. The van der Waals surface area contributed by atoms with Crippen LogP contribution < -0.4 is 11.2 Å². The first kappa shape index (κ1) is 16.7. The van der Waals surface area contributed by atoms with Gasteiger partial charge in [-0.25, -0.2) is 9.36 Å². The van der Waals surface area contributed by atoms with E-state index >= 15 is 0 Å². The highest BCUT2D eigenvalue weighted by Gasteiger charge is 2.14. The molecule has 0 amide bonds. The van der Waals surface area contributed by atoms with Crippen LogP contribution in [0.3, 0.4) is 0 Å². The summed E-state index contributed by atoms with van der Waals surface area (Å²) in [6.45, 7) is 2.88. The van der Waals surface area contributed by atoms with Gasteiger partial charge in [-0.2, -0.15) is 0 Å². The average Bonchev–Trinajstić information content (AvgIpc) is 2.49. The predicted molar refractivity (Wildman–Crippen MR) is 88.0 cm³/mol. The summed E-state index contributed by atoms with van der Waals surface area (Å²) in [5.74, 6) is -0.431. The monoisotopic (exact) mass is 317 g/mol. The van der Waals surface area contributed by atoms with E-state index in [-0.39, 0.29) is 5.56 Å². The quantitative estimate of drug-likeness (QED) is 0.613. The van der Waals surface area contributed by atoms with E-state index in [2.05, 4.69) is 9.98 Å². The molecule has 0 aliphatic carbocycles. The van der Waals surface area contributed by atoms with Crippen molar-refractivity contribution in [2.75, 3.05) is 20.3 Å². The number of benzene rings is 1. The second-order valence-corrected chi connectivity index (χ2v) is 5.05. The third-order valence-electron chi connectivity index (χ3n) is 3.24. The number of aryl methyl sites for hydroxylation is 1. The number of aromatic hydroxyl groups is 1. The van der Waals surface area contributed by atoms with Crippen LogP contribution in [-0.2, 0) is 4.74 Å². The molecular weight excluding hydrogens is 298 g/mol. The molecule has 0 saturated heterocycles. The van der Waals surface area contributed by atoms with E-state index in [9.17, 15) is 14.7 Å². The molecule has 2 rings (SSSR count). The van der Waals surface area contributed by atoms with Crippen molar-refractivity contribution in [2.45, 2.75) is 13.3 Å². The molecule has 23 heavy (non-hydrogen) atoms. The molecule has 0 saturated carbocycles. The highest BCUT2D eigenvalue weighted by Crippen LogP contribution is 2.16. The summed E-state index contributed by atoms with van der Waals surface area (Å²) in [6, 6.07) is 7.04. The third kappa shape index (κ3) is 3.95. The van der Waals surface area contributed by atoms with Gasteiger partial charge < -0.3 is 9.84 Å². The van der Waals surface area contributed by atoms with Gasteiger partial charge in [0.25, 0.3) is 5.56 Å². The lowest BCUT2D eigenvalue weighted by atomic mass is 10.2. The minimum absolute atomic E-state index is 0.0523. The van der Waals surface area contributed by atoms with Crippen molar-refractivity contribution in [3.05, 3.63) is 56.2 Å². The maximum Gasteiger partial charge on any atom is 0.335 e. The van der Waals surface area contributed by atoms with Gasteiger partial charge >= 0.3 is 5.69 Å². The Bertz CT molecular complexity index is 821. The van der Waals surface area contributed by atoms with Crippen molar-refractivity contribution in [2.24, 2.45) is 4.99 Å². The lowest BCUT2D eigenvalue weighted by Crippen LogP contribution is -2.31. The normalized spacial score (nSPS) is 11.2. The molecular formula is C16H19N3O4. The van der Waals surface area contributed by atoms with E-state index in [0.717, 1.165) is 10.1 Å². The summed E-state index contributed by atoms with van der Waals surface area (Å²) in [4.78, 5) is 30.2. The van der Waals surface area contributed by atoms with Gasteiger partial charge in [0.1, 0.15) is 5.56 Å². The molecule has 122 valence electrons. The number of H-pyrrole nitrogens is 1. The lowest BCUT2D eigenvalue weighted by Gasteiger charge is -2.10. The van der Waals surface area contributed by atoms with Crippen molar-refractivity contribution in [3.8, 4) is 11.6 Å². The van der Waals surface area contributed by atoms with Crippen LogP contribution in [0, 0.1) is 6.92 Å². The number of aromatic amines is 1. The van der Waals surface area contributed by atoms with Gasteiger partial charge in [0, 0.05) is 26.5 Å². The minimum Gasteiger partial charge on any atom is -0.493 e. The molecule has 0 aliphatic rings. The van der Waals surface area contributed by atoms with Gasteiger partial charge in [-0.05, 0) is 31.0 Å². The number of methoxy groups -OCH3 is 1. The second-order valence-electron chi connectivity index (χ2n) is 5.05. The molecule has 0 bridgehead atoms. The number of nitrogens with one attached hydrogen (secondary N) is 1. The van der Waals surface area contributed by atoms with Crippen molar-refractivity contribution >= 4 is 6.21 Å². The lowest BCUT2D eigenvalue weighted by molar-refractivity contribution is 0.197. The minimum atomic E-state index is -0.699. The van der Waals surface area contributed by atoms with E-state index in [1.54, 1.807) is 25.3 Å². The molecule has 1 aromatic carbocycles. The first-order chi connectivity index (χ1) is 11.0. The SMILES string of the molecule is COCCCN=Cc1c(O)n(-c2cccc(C)c2)c(=O)[nH]c1=O. The Morgan fingerprint density at radius 1 is 1.39 bits per heavy atom. The Balaban J connectivity index is 2.44. The van der Waals surface area contributed by atoms with Crippen LogP contribution in [0.15, 0.2) is 38.8 Å². The van der Waals surface area contributed by atoms with E-state index in [1.165, 1.54) is 6.21 Å². The predicted octanol–water partition coefficient (Wildman–Crippen LogP) is 0.995. The number of nitrogens with zero attached hydrogens (tertiary/aromatic N) is 2. The molecule has 1 aromatic heterocycles. The van der Waals surface area contributed by atoms with Crippen LogP contribution in [0.2, 0.25) is 0 Å². The standard InChI is InChI=1S/C16H19N3O4/c1-11-5-3-6-12(9-11)19-15(21)13(14(20)18-16(19)22)10-17-7-4-8-23-2/h3,5-6,9-10,21H,4,7-8H2,1-2H3,(H,18,20,22). The fraction of sp³-hybridized carbons (Fsp3) is 0.312. The fourth-order valence-electron chi connectivity index (χ4n) is 2.12. The van der Waals surface area contributed by atoms with Crippen LogP contribution in [-0.4, -0.2) is 41.1 Å². The van der Waals surface area contributed by atoms with Crippen molar-refractivity contribution in [3.63, 3.8) is 0 Å². The smallest absolute Gasteiger partial charge is 0.335 e. The molecule has 0 radical (unpaired) electrons. The summed E-state index contributed by atoms with van der Waals surface area (Å²) < 4.78 is 5.96. The van der Waals surface area contributed by atoms with Gasteiger partial charge in [0.15, 0.2) is 0 Å². The maximum atomic E-state index is 12.0. The average molecular weight is 317 g/mol. The topological polar surface area (TPSA) is 96.7 Å². The summed E-state index contributed by atoms with van der Waals surface area (Å²) in [7, 11) is 1.60. The molecule has 0 atom stereocenters. The summed E-state index contributed by atoms with van der Waals surface area (Å²) >= 11 is 0.